The molecule has 1 aliphatic rings. The van der Waals surface area contributed by atoms with Crippen LogP contribution in [0.1, 0.15) is 66.2 Å². The molecule has 180 valence electrons. The number of nitrogens with one attached hydrogen (secondary N) is 1. The third kappa shape index (κ3) is 10.9. The molecule has 8 heteroatoms. The molecule has 2 amide bonds. The van der Waals surface area contributed by atoms with Gasteiger partial charge in [-0.15, -0.1) is 0 Å². The first-order valence-electron chi connectivity index (χ1n) is 11.2. The summed E-state index contributed by atoms with van der Waals surface area (Å²) in [6, 6.07) is -2.56. The number of hydrogen-bond acceptors (Lipinski definition) is 4. The van der Waals surface area contributed by atoms with Crippen LogP contribution in [0.3, 0.4) is 0 Å². The molecule has 0 aromatic rings. The summed E-state index contributed by atoms with van der Waals surface area (Å²) in [5.41, 5.74) is 4.00. The highest BCUT2D eigenvalue weighted by Crippen LogP contribution is 2.18. The fourth-order valence-electron chi connectivity index (χ4n) is 3.40. The van der Waals surface area contributed by atoms with Crippen LogP contribution in [0.25, 0.3) is 0 Å². The Kier molecular flexibility index (Phi) is 12.8. The maximum atomic E-state index is 12.3. The highest BCUT2D eigenvalue weighted by atomic mass is 32.2. The number of nitrogens with zero attached hydrogens (tertiary/aromatic N) is 1. The van der Waals surface area contributed by atoms with Crippen molar-refractivity contribution < 1.29 is 24.6 Å². The van der Waals surface area contributed by atoms with Crippen LogP contribution in [0, 0.1) is 0 Å². The minimum Gasteiger partial charge on any atom is -0.480 e. The normalized spacial score (nSPS) is 17.8. The zero-order chi connectivity index (χ0) is 24.1. The van der Waals surface area contributed by atoms with Gasteiger partial charge in [-0.3, -0.25) is 0 Å². The van der Waals surface area contributed by atoms with Crippen LogP contribution in [-0.4, -0.2) is 63.2 Å². The third-order valence-corrected chi connectivity index (χ3v) is 6.32. The maximum Gasteiger partial charge on any atom is 0.327 e. The van der Waals surface area contributed by atoms with Gasteiger partial charge >= 0.3 is 18.0 Å². The summed E-state index contributed by atoms with van der Waals surface area (Å²) >= 11 is 1.43. The summed E-state index contributed by atoms with van der Waals surface area (Å²) in [6.07, 6.45) is 11.7. The molecule has 0 radical (unpaired) electrons. The predicted molar refractivity (Wildman–Crippen MR) is 130 cm³/mol. The first-order valence-corrected chi connectivity index (χ1v) is 12.3. The second kappa shape index (κ2) is 14.8. The van der Waals surface area contributed by atoms with Gasteiger partial charge in [0.05, 0.1) is 0 Å². The highest BCUT2D eigenvalue weighted by molar-refractivity contribution is 7.99. The highest BCUT2D eigenvalue weighted by Gasteiger charge is 2.35. The van der Waals surface area contributed by atoms with Gasteiger partial charge in [0.1, 0.15) is 12.1 Å². The van der Waals surface area contributed by atoms with Crippen molar-refractivity contribution in [3.63, 3.8) is 0 Å². The summed E-state index contributed by atoms with van der Waals surface area (Å²) in [4.78, 5) is 36.3. The van der Waals surface area contributed by atoms with Crippen molar-refractivity contribution in [2.75, 3.05) is 18.1 Å². The number of carbonyl (C=O) groups is 3. The van der Waals surface area contributed by atoms with Crippen LogP contribution in [0.5, 0.6) is 0 Å². The molecule has 1 aliphatic heterocycles. The van der Waals surface area contributed by atoms with E-state index in [2.05, 4.69) is 51.2 Å². The average molecular weight is 467 g/mol. The lowest BCUT2D eigenvalue weighted by molar-refractivity contribution is -0.141. The SMILES string of the molecule is CC(C)=CCC/C(C)=C/CC/C(C)=C/CSCC(NC(=O)N1CCCC1C(=O)O)C(=O)O. The van der Waals surface area contributed by atoms with Crippen LogP contribution < -0.4 is 5.32 Å². The van der Waals surface area contributed by atoms with Crippen LogP contribution in [0.15, 0.2) is 34.9 Å². The molecular formula is C24H38N2O5S. The van der Waals surface area contributed by atoms with Gasteiger partial charge in [-0.05, 0) is 66.2 Å². The fraction of sp³-hybridized carbons (Fsp3) is 0.625. The van der Waals surface area contributed by atoms with Gasteiger partial charge in [0.2, 0.25) is 0 Å². The number of carboxylic acid groups (broad SMARTS) is 2. The Morgan fingerprint density at radius 1 is 1.03 bits per heavy atom. The lowest BCUT2D eigenvalue weighted by atomic mass is 10.1. The van der Waals surface area contributed by atoms with E-state index in [0.717, 1.165) is 25.7 Å². The van der Waals surface area contributed by atoms with E-state index in [9.17, 15) is 24.6 Å². The van der Waals surface area contributed by atoms with Crippen LogP contribution in [-0.2, 0) is 9.59 Å². The molecule has 1 rings (SSSR count). The molecule has 1 heterocycles. The van der Waals surface area contributed by atoms with E-state index in [0.29, 0.717) is 25.1 Å². The van der Waals surface area contributed by atoms with Gasteiger partial charge in [-0.1, -0.05) is 34.9 Å². The minimum atomic E-state index is -1.12. The van der Waals surface area contributed by atoms with E-state index in [1.807, 2.05) is 0 Å². The first-order chi connectivity index (χ1) is 15.1. The van der Waals surface area contributed by atoms with Gasteiger partial charge in [0, 0.05) is 18.1 Å². The molecule has 0 aromatic carbocycles. The van der Waals surface area contributed by atoms with E-state index in [1.54, 1.807) is 0 Å². The Morgan fingerprint density at radius 2 is 1.66 bits per heavy atom. The van der Waals surface area contributed by atoms with Crippen LogP contribution in [0.2, 0.25) is 0 Å². The molecule has 0 spiro atoms. The second-order valence-electron chi connectivity index (χ2n) is 8.53. The lowest BCUT2D eigenvalue weighted by Gasteiger charge is -2.24. The monoisotopic (exact) mass is 466 g/mol. The number of rotatable bonds is 13. The van der Waals surface area contributed by atoms with Crippen LogP contribution >= 0.6 is 11.8 Å². The molecule has 0 saturated carbocycles. The molecule has 2 unspecified atom stereocenters. The molecule has 0 aromatic heterocycles. The lowest BCUT2D eigenvalue weighted by Crippen LogP contribution is -2.52. The number of hydrogen-bond donors (Lipinski definition) is 3. The number of amides is 2. The Hall–Kier alpha value is -2.22. The Morgan fingerprint density at radius 3 is 2.25 bits per heavy atom. The molecule has 7 nitrogen and oxygen atoms in total. The fourth-order valence-corrected chi connectivity index (χ4v) is 4.40. The molecule has 32 heavy (non-hydrogen) atoms. The molecule has 0 bridgehead atoms. The predicted octanol–water partition coefficient (Wildman–Crippen LogP) is 4.85. The molecule has 1 fully saturated rings. The van der Waals surface area contributed by atoms with Gasteiger partial charge in [0.25, 0.3) is 0 Å². The van der Waals surface area contributed by atoms with Crippen molar-refractivity contribution in [3.05, 3.63) is 34.9 Å². The van der Waals surface area contributed by atoms with E-state index in [1.165, 1.54) is 33.4 Å². The number of urea groups is 1. The average Bonchev–Trinajstić information content (AvgIpc) is 3.20. The zero-order valence-electron chi connectivity index (χ0n) is 19.7. The number of thioether (sulfide) groups is 1. The number of carbonyl (C=O) groups excluding carboxylic acids is 1. The number of likely N-dealkylation sites (tertiary alicyclic amines) is 1. The topological polar surface area (TPSA) is 107 Å². The quantitative estimate of drug-likeness (QED) is 0.265. The minimum absolute atomic E-state index is 0.222. The second-order valence-corrected chi connectivity index (χ2v) is 9.60. The summed E-state index contributed by atoms with van der Waals surface area (Å²) in [7, 11) is 0. The van der Waals surface area contributed by atoms with Gasteiger partial charge in [0.15, 0.2) is 0 Å². The summed E-state index contributed by atoms with van der Waals surface area (Å²) in [5.74, 6) is -1.29. The summed E-state index contributed by atoms with van der Waals surface area (Å²) < 4.78 is 0. The Balaban J connectivity index is 2.39. The number of aliphatic carboxylic acids is 2. The van der Waals surface area contributed by atoms with E-state index in [4.69, 9.17) is 0 Å². The van der Waals surface area contributed by atoms with Crippen molar-refractivity contribution in [3.8, 4) is 0 Å². The standard InChI is InChI=1S/C24H38N2O5S/c1-17(2)8-5-9-18(3)10-6-11-19(4)13-15-32-16-20(22(27)28)25-24(31)26-14-7-12-21(26)23(29)30/h8,10,13,20-21H,5-7,9,11-12,14-16H2,1-4H3,(H,25,31)(H,27,28)(H,29,30)/b18-10+,19-13+. The van der Waals surface area contributed by atoms with E-state index >= 15 is 0 Å². The van der Waals surface area contributed by atoms with Gasteiger partial charge in [-0.25, -0.2) is 14.4 Å². The van der Waals surface area contributed by atoms with Crippen molar-refractivity contribution in [2.24, 2.45) is 0 Å². The first kappa shape index (κ1) is 27.8. The van der Waals surface area contributed by atoms with Crippen molar-refractivity contribution in [1.82, 2.24) is 10.2 Å². The summed E-state index contributed by atoms with van der Waals surface area (Å²) in [5, 5.41) is 21.1. The van der Waals surface area contributed by atoms with Crippen molar-refractivity contribution in [2.45, 2.75) is 78.3 Å². The van der Waals surface area contributed by atoms with Crippen LogP contribution in [0.4, 0.5) is 4.79 Å². The molecule has 2 atom stereocenters. The third-order valence-electron chi connectivity index (χ3n) is 5.35. The number of allylic oxidation sites excluding steroid dienone is 5. The Labute approximate surface area is 196 Å². The molecule has 3 N–H and O–H groups in total. The van der Waals surface area contributed by atoms with Gasteiger partial charge in [-0.2, -0.15) is 11.8 Å². The van der Waals surface area contributed by atoms with E-state index < -0.39 is 30.1 Å². The smallest absolute Gasteiger partial charge is 0.327 e. The maximum absolute atomic E-state index is 12.3. The largest absolute Gasteiger partial charge is 0.480 e. The number of carboxylic acids is 2. The Bertz CT molecular complexity index is 741. The van der Waals surface area contributed by atoms with E-state index in [-0.39, 0.29) is 5.75 Å². The van der Waals surface area contributed by atoms with Gasteiger partial charge < -0.3 is 20.4 Å². The molecular weight excluding hydrogens is 428 g/mol. The summed E-state index contributed by atoms with van der Waals surface area (Å²) in [6.45, 7) is 8.78. The molecule has 1 saturated heterocycles. The van der Waals surface area contributed by atoms with Crippen molar-refractivity contribution in [1.29, 1.82) is 0 Å². The zero-order valence-corrected chi connectivity index (χ0v) is 20.5. The van der Waals surface area contributed by atoms with Crippen molar-refractivity contribution >= 4 is 29.7 Å². The molecule has 0 aliphatic carbocycles.